The molecule has 5 nitrogen and oxygen atoms in total. The van der Waals surface area contributed by atoms with E-state index >= 15 is 0 Å². The Morgan fingerprint density at radius 2 is 2.10 bits per heavy atom. The number of hydrogen-bond donors (Lipinski definition) is 1. The van der Waals surface area contributed by atoms with Gasteiger partial charge in [-0.05, 0) is 33.6 Å². The Hall–Kier alpha value is -1.36. The summed E-state index contributed by atoms with van der Waals surface area (Å²) >= 11 is 6.02. The van der Waals surface area contributed by atoms with E-state index in [-0.39, 0.29) is 11.9 Å². The van der Waals surface area contributed by atoms with Gasteiger partial charge in [0.25, 0.3) is 0 Å². The van der Waals surface area contributed by atoms with Crippen LogP contribution in [0.25, 0.3) is 0 Å². The Balaban J connectivity index is 2.07. The highest BCUT2D eigenvalue weighted by Crippen LogP contribution is 2.38. The third kappa shape index (κ3) is 3.60. The summed E-state index contributed by atoms with van der Waals surface area (Å²) in [6.45, 7) is 7.20. The predicted molar refractivity (Wildman–Crippen MR) is 80.0 cm³/mol. The zero-order valence-electron chi connectivity index (χ0n) is 12.2. The standard InChI is InChI=1S/C14H21ClN4O/c1-4-19(5-2)14(20)9(3)16-12-8-11(15)17-13(18-12)10-6-7-10/h8-10H,4-7H2,1-3H3,(H,16,17,18). The Labute approximate surface area is 124 Å². The van der Waals surface area contributed by atoms with Crippen molar-refractivity contribution in [3.8, 4) is 0 Å². The molecule has 1 unspecified atom stereocenters. The summed E-state index contributed by atoms with van der Waals surface area (Å²) in [6, 6.07) is 1.34. The van der Waals surface area contributed by atoms with Crippen LogP contribution in [0.1, 0.15) is 45.4 Å². The highest BCUT2D eigenvalue weighted by Gasteiger charge is 2.27. The van der Waals surface area contributed by atoms with Crippen LogP contribution < -0.4 is 5.32 Å². The van der Waals surface area contributed by atoms with Gasteiger partial charge in [-0.15, -0.1) is 0 Å². The van der Waals surface area contributed by atoms with Gasteiger partial charge in [0, 0.05) is 25.1 Å². The first-order valence-electron chi connectivity index (χ1n) is 7.15. The maximum absolute atomic E-state index is 12.2. The molecule has 1 atom stereocenters. The minimum atomic E-state index is -0.326. The van der Waals surface area contributed by atoms with Gasteiger partial charge in [0.1, 0.15) is 22.8 Å². The lowest BCUT2D eigenvalue weighted by atomic mass is 10.2. The van der Waals surface area contributed by atoms with Crippen LogP contribution in [0.4, 0.5) is 5.82 Å². The molecule has 0 radical (unpaired) electrons. The fourth-order valence-electron chi connectivity index (χ4n) is 2.13. The van der Waals surface area contributed by atoms with Crippen LogP contribution in [0, 0.1) is 0 Å². The zero-order chi connectivity index (χ0) is 14.7. The maximum Gasteiger partial charge on any atom is 0.244 e. The third-order valence-electron chi connectivity index (χ3n) is 3.46. The van der Waals surface area contributed by atoms with Crippen LogP contribution in [0.2, 0.25) is 5.15 Å². The first kappa shape index (κ1) is 15.0. The van der Waals surface area contributed by atoms with Gasteiger partial charge in [0.15, 0.2) is 0 Å². The zero-order valence-corrected chi connectivity index (χ0v) is 12.9. The second-order valence-corrected chi connectivity index (χ2v) is 5.47. The number of hydrogen-bond acceptors (Lipinski definition) is 4. The van der Waals surface area contributed by atoms with Crippen molar-refractivity contribution in [1.82, 2.24) is 14.9 Å². The van der Waals surface area contributed by atoms with Crippen molar-refractivity contribution in [2.24, 2.45) is 0 Å². The van der Waals surface area contributed by atoms with E-state index in [9.17, 15) is 4.79 Å². The number of carbonyl (C=O) groups is 1. The first-order valence-corrected chi connectivity index (χ1v) is 7.52. The molecule has 1 fully saturated rings. The molecular weight excluding hydrogens is 276 g/mol. The van der Waals surface area contributed by atoms with E-state index in [2.05, 4.69) is 15.3 Å². The van der Waals surface area contributed by atoms with Gasteiger partial charge in [0.2, 0.25) is 5.91 Å². The van der Waals surface area contributed by atoms with Crippen molar-refractivity contribution in [3.05, 3.63) is 17.0 Å². The molecule has 20 heavy (non-hydrogen) atoms. The molecule has 1 aliphatic carbocycles. The van der Waals surface area contributed by atoms with Gasteiger partial charge in [-0.25, -0.2) is 9.97 Å². The minimum absolute atomic E-state index is 0.0673. The fraction of sp³-hybridized carbons (Fsp3) is 0.643. The molecule has 1 heterocycles. The Morgan fingerprint density at radius 1 is 1.45 bits per heavy atom. The Kier molecular flexibility index (Phi) is 4.81. The molecule has 0 spiro atoms. The molecular formula is C14H21ClN4O. The average molecular weight is 297 g/mol. The summed E-state index contributed by atoms with van der Waals surface area (Å²) in [5.74, 6) is 1.91. The van der Waals surface area contributed by atoms with Crippen molar-refractivity contribution in [2.45, 2.75) is 45.6 Å². The van der Waals surface area contributed by atoms with Gasteiger partial charge < -0.3 is 10.2 Å². The highest BCUT2D eigenvalue weighted by molar-refractivity contribution is 6.29. The number of amides is 1. The number of nitrogens with zero attached hydrogens (tertiary/aromatic N) is 3. The summed E-state index contributed by atoms with van der Waals surface area (Å²) in [7, 11) is 0. The molecule has 1 aromatic heterocycles. The van der Waals surface area contributed by atoms with Crippen molar-refractivity contribution < 1.29 is 4.79 Å². The van der Waals surface area contributed by atoms with Gasteiger partial charge in [-0.1, -0.05) is 11.6 Å². The summed E-state index contributed by atoms with van der Waals surface area (Å²) in [6.07, 6.45) is 2.24. The maximum atomic E-state index is 12.2. The number of carbonyl (C=O) groups excluding carboxylic acids is 1. The van der Waals surface area contributed by atoms with E-state index in [4.69, 9.17) is 11.6 Å². The first-order chi connectivity index (χ1) is 9.55. The molecule has 110 valence electrons. The molecule has 1 aliphatic rings. The summed E-state index contributed by atoms with van der Waals surface area (Å²) in [4.78, 5) is 22.7. The smallest absolute Gasteiger partial charge is 0.244 e. The lowest BCUT2D eigenvalue weighted by Gasteiger charge is -2.23. The third-order valence-corrected chi connectivity index (χ3v) is 3.66. The summed E-state index contributed by atoms with van der Waals surface area (Å²) in [5, 5.41) is 3.55. The van der Waals surface area contributed by atoms with Gasteiger partial charge in [-0.3, -0.25) is 4.79 Å². The molecule has 1 N–H and O–H groups in total. The van der Waals surface area contributed by atoms with Crippen LogP contribution in [0.15, 0.2) is 6.07 Å². The number of nitrogens with one attached hydrogen (secondary N) is 1. The topological polar surface area (TPSA) is 58.1 Å². The quantitative estimate of drug-likeness (QED) is 0.820. The number of halogens is 1. The van der Waals surface area contributed by atoms with Gasteiger partial charge in [-0.2, -0.15) is 0 Å². The molecule has 1 saturated carbocycles. The van der Waals surface area contributed by atoms with Crippen LogP contribution in [0.3, 0.4) is 0 Å². The SMILES string of the molecule is CCN(CC)C(=O)C(C)Nc1cc(Cl)nc(C2CC2)n1. The molecule has 2 rings (SSSR count). The Morgan fingerprint density at radius 3 is 2.65 bits per heavy atom. The van der Waals surface area contributed by atoms with Crippen LogP contribution in [-0.4, -0.2) is 39.9 Å². The Bertz CT molecular complexity index is 486. The van der Waals surface area contributed by atoms with Gasteiger partial charge >= 0.3 is 0 Å². The van der Waals surface area contributed by atoms with Crippen molar-refractivity contribution in [2.75, 3.05) is 18.4 Å². The molecule has 0 bridgehead atoms. The van der Waals surface area contributed by atoms with Crippen LogP contribution >= 0.6 is 11.6 Å². The molecule has 6 heteroatoms. The van der Waals surface area contributed by atoms with Crippen molar-refractivity contribution in [1.29, 1.82) is 0 Å². The van der Waals surface area contributed by atoms with E-state index in [1.807, 2.05) is 20.8 Å². The largest absolute Gasteiger partial charge is 0.358 e. The van der Waals surface area contributed by atoms with E-state index in [0.29, 0.717) is 30.0 Å². The number of rotatable bonds is 6. The minimum Gasteiger partial charge on any atom is -0.358 e. The van der Waals surface area contributed by atoms with E-state index in [1.165, 1.54) is 0 Å². The van der Waals surface area contributed by atoms with E-state index in [0.717, 1.165) is 18.7 Å². The van der Waals surface area contributed by atoms with Crippen molar-refractivity contribution in [3.63, 3.8) is 0 Å². The lowest BCUT2D eigenvalue weighted by Crippen LogP contribution is -2.41. The van der Waals surface area contributed by atoms with E-state index < -0.39 is 0 Å². The molecule has 1 amide bonds. The van der Waals surface area contributed by atoms with Crippen LogP contribution in [-0.2, 0) is 4.79 Å². The number of likely N-dealkylation sites (N-methyl/N-ethyl adjacent to an activating group) is 1. The fourth-order valence-corrected chi connectivity index (χ4v) is 2.32. The molecule has 0 aromatic carbocycles. The molecule has 0 aliphatic heterocycles. The highest BCUT2D eigenvalue weighted by atomic mass is 35.5. The number of aromatic nitrogens is 2. The predicted octanol–water partition coefficient (Wildman–Crippen LogP) is 2.68. The lowest BCUT2D eigenvalue weighted by molar-refractivity contribution is -0.131. The second-order valence-electron chi connectivity index (χ2n) is 5.08. The normalized spacial score (nSPS) is 15.8. The summed E-state index contributed by atoms with van der Waals surface area (Å²) in [5.41, 5.74) is 0. The monoisotopic (exact) mass is 296 g/mol. The van der Waals surface area contributed by atoms with Crippen LogP contribution in [0.5, 0.6) is 0 Å². The number of anilines is 1. The summed E-state index contributed by atoms with van der Waals surface area (Å²) < 4.78 is 0. The molecule has 1 aromatic rings. The second kappa shape index (κ2) is 6.39. The molecule has 0 saturated heterocycles. The van der Waals surface area contributed by atoms with E-state index in [1.54, 1.807) is 11.0 Å². The average Bonchev–Trinajstić information content (AvgIpc) is 3.23. The van der Waals surface area contributed by atoms with Crippen molar-refractivity contribution >= 4 is 23.3 Å². The van der Waals surface area contributed by atoms with Gasteiger partial charge in [0.05, 0.1) is 0 Å².